The summed E-state index contributed by atoms with van der Waals surface area (Å²) in [5.74, 6) is 0. The van der Waals surface area contributed by atoms with Crippen molar-refractivity contribution in [1.29, 1.82) is 0 Å². The fourth-order valence-corrected chi connectivity index (χ4v) is 4.22. The lowest BCUT2D eigenvalue weighted by Crippen LogP contribution is -2.50. The molecule has 0 aliphatic carbocycles. The van der Waals surface area contributed by atoms with Crippen molar-refractivity contribution in [2.75, 3.05) is 24.5 Å². The summed E-state index contributed by atoms with van der Waals surface area (Å²) in [6, 6.07) is 7.50. The number of hydrogen-bond acceptors (Lipinski definition) is 3. The van der Waals surface area contributed by atoms with E-state index in [9.17, 15) is 4.21 Å². The Hall–Kier alpha value is -1.56. The topological polar surface area (TPSA) is 37.3 Å². The highest BCUT2D eigenvalue weighted by Crippen LogP contribution is 2.16. The predicted octanol–water partition coefficient (Wildman–Crippen LogP) is 1.33. The molecule has 0 spiro atoms. The molecular formula is C17H20ClN3OS. The molecule has 0 amide bonds. The van der Waals surface area contributed by atoms with E-state index in [1.54, 1.807) is 28.2 Å². The minimum atomic E-state index is -1.38. The first-order chi connectivity index (χ1) is 11.0. The summed E-state index contributed by atoms with van der Waals surface area (Å²) in [6.07, 6.45) is 1.89. The standard InChI is InChI=1S/C17H20ClN3OS/c1-12-10-20(8-7-19-12)17-11-21(14(3)13(17)2)23(22)16-6-4-5-15(18)9-16/h4-6,9,11-12,19H,2-3,7-8,10H2,1H3. The van der Waals surface area contributed by atoms with Gasteiger partial charge in [0.2, 0.25) is 0 Å². The maximum atomic E-state index is 12.8. The van der Waals surface area contributed by atoms with Crippen LogP contribution in [0.2, 0.25) is 5.02 Å². The molecular weight excluding hydrogens is 330 g/mol. The summed E-state index contributed by atoms with van der Waals surface area (Å²) < 4.78 is 14.5. The van der Waals surface area contributed by atoms with Crippen LogP contribution in [0.4, 0.5) is 5.69 Å². The van der Waals surface area contributed by atoms with Crippen molar-refractivity contribution in [2.24, 2.45) is 0 Å². The number of benzene rings is 1. The van der Waals surface area contributed by atoms with Crippen LogP contribution in [0.1, 0.15) is 6.92 Å². The van der Waals surface area contributed by atoms with Crippen LogP contribution in [-0.4, -0.2) is 33.9 Å². The zero-order valence-electron chi connectivity index (χ0n) is 13.1. The number of aromatic nitrogens is 1. The van der Waals surface area contributed by atoms with Gasteiger partial charge in [-0.2, -0.15) is 0 Å². The zero-order valence-corrected chi connectivity index (χ0v) is 14.7. The second-order valence-electron chi connectivity index (χ2n) is 5.77. The monoisotopic (exact) mass is 349 g/mol. The molecule has 2 unspecified atom stereocenters. The molecule has 0 saturated carbocycles. The molecule has 1 aliphatic rings. The van der Waals surface area contributed by atoms with Gasteiger partial charge in [0.1, 0.15) is 0 Å². The third-order valence-electron chi connectivity index (χ3n) is 4.05. The van der Waals surface area contributed by atoms with Gasteiger partial charge in [0.05, 0.1) is 15.9 Å². The van der Waals surface area contributed by atoms with Crippen LogP contribution < -0.4 is 20.8 Å². The first-order valence-electron chi connectivity index (χ1n) is 7.53. The molecule has 2 atom stereocenters. The van der Waals surface area contributed by atoms with Gasteiger partial charge in [0.25, 0.3) is 0 Å². The molecule has 3 rings (SSSR count). The number of halogens is 1. The lowest BCUT2D eigenvalue weighted by Gasteiger charge is -2.33. The molecule has 0 radical (unpaired) electrons. The minimum absolute atomic E-state index is 0.415. The van der Waals surface area contributed by atoms with Gasteiger partial charge < -0.3 is 10.2 Å². The minimum Gasteiger partial charge on any atom is -0.367 e. The third kappa shape index (κ3) is 3.22. The lowest BCUT2D eigenvalue weighted by atomic mass is 10.2. The molecule has 4 nitrogen and oxygen atoms in total. The van der Waals surface area contributed by atoms with Crippen molar-refractivity contribution in [3.05, 3.63) is 46.1 Å². The quantitative estimate of drug-likeness (QED) is 0.908. The molecule has 1 fully saturated rings. The highest BCUT2D eigenvalue weighted by atomic mass is 35.5. The van der Waals surface area contributed by atoms with E-state index in [2.05, 4.69) is 30.3 Å². The molecule has 1 aromatic heterocycles. The van der Waals surface area contributed by atoms with Gasteiger partial charge in [-0.05, 0) is 25.1 Å². The number of hydrogen-bond donors (Lipinski definition) is 1. The van der Waals surface area contributed by atoms with E-state index >= 15 is 0 Å². The van der Waals surface area contributed by atoms with Gasteiger partial charge in [0.15, 0.2) is 11.0 Å². The van der Waals surface area contributed by atoms with Gasteiger partial charge >= 0.3 is 0 Å². The van der Waals surface area contributed by atoms with Crippen LogP contribution in [0, 0.1) is 0 Å². The number of anilines is 1. The van der Waals surface area contributed by atoms with Crippen LogP contribution in [0.5, 0.6) is 0 Å². The maximum absolute atomic E-state index is 12.8. The second kappa shape index (κ2) is 6.51. The summed E-state index contributed by atoms with van der Waals surface area (Å²) in [5.41, 5.74) is 0.999. The van der Waals surface area contributed by atoms with E-state index in [0.717, 1.165) is 30.5 Å². The van der Waals surface area contributed by atoms with Crippen LogP contribution in [0.3, 0.4) is 0 Å². The molecule has 122 valence electrons. The average Bonchev–Trinajstić information content (AvgIpc) is 2.83. The molecule has 1 aliphatic heterocycles. The zero-order chi connectivity index (χ0) is 16.6. The predicted molar refractivity (Wildman–Crippen MR) is 97.7 cm³/mol. The fraction of sp³-hybridized carbons (Fsp3) is 0.294. The number of nitrogens with zero attached hydrogens (tertiary/aromatic N) is 2. The second-order valence-corrected chi connectivity index (χ2v) is 7.57. The highest BCUT2D eigenvalue weighted by Gasteiger charge is 2.19. The Bertz CT molecular complexity index is 848. The Morgan fingerprint density at radius 1 is 1.39 bits per heavy atom. The summed E-state index contributed by atoms with van der Waals surface area (Å²) in [5, 5.41) is 5.49. The SMILES string of the molecule is C=c1c(N2CCNC(C)C2)cn(S(=O)c2cccc(Cl)c2)c1=C. The van der Waals surface area contributed by atoms with E-state index in [0.29, 0.717) is 21.3 Å². The van der Waals surface area contributed by atoms with Crippen LogP contribution in [0.25, 0.3) is 13.2 Å². The fourth-order valence-electron chi connectivity index (χ4n) is 2.81. The summed E-state index contributed by atoms with van der Waals surface area (Å²) in [4.78, 5) is 2.92. The summed E-state index contributed by atoms with van der Waals surface area (Å²) in [7, 11) is -1.38. The van der Waals surface area contributed by atoms with Crippen molar-refractivity contribution in [2.45, 2.75) is 17.9 Å². The third-order valence-corrected chi connectivity index (χ3v) is 5.62. The Morgan fingerprint density at radius 2 is 2.17 bits per heavy atom. The number of nitrogens with one attached hydrogen (secondary N) is 1. The van der Waals surface area contributed by atoms with Crippen molar-refractivity contribution < 1.29 is 4.21 Å². The van der Waals surface area contributed by atoms with Crippen molar-refractivity contribution >= 4 is 41.4 Å². The summed E-state index contributed by atoms with van der Waals surface area (Å²) in [6.45, 7) is 13.1. The Labute approximate surface area is 143 Å². The Morgan fingerprint density at radius 3 is 2.87 bits per heavy atom. The van der Waals surface area contributed by atoms with Crippen molar-refractivity contribution in [3.63, 3.8) is 0 Å². The van der Waals surface area contributed by atoms with E-state index in [1.165, 1.54) is 0 Å². The highest BCUT2D eigenvalue weighted by molar-refractivity contribution is 7.83. The molecule has 2 aromatic rings. The summed E-state index contributed by atoms with van der Waals surface area (Å²) >= 11 is 6.00. The molecule has 6 heteroatoms. The Balaban J connectivity index is 1.98. The smallest absolute Gasteiger partial charge is 0.157 e. The first kappa shape index (κ1) is 16.3. The van der Waals surface area contributed by atoms with Crippen LogP contribution in [-0.2, 0) is 11.0 Å². The Kier molecular flexibility index (Phi) is 4.62. The molecule has 1 aromatic carbocycles. The van der Waals surface area contributed by atoms with Gasteiger partial charge in [-0.3, -0.25) is 3.97 Å². The molecule has 0 bridgehead atoms. The average molecular weight is 350 g/mol. The molecule has 2 heterocycles. The lowest BCUT2D eigenvalue weighted by molar-refractivity contribution is 0.484. The number of rotatable bonds is 3. The van der Waals surface area contributed by atoms with E-state index < -0.39 is 11.0 Å². The molecule has 1 saturated heterocycles. The van der Waals surface area contributed by atoms with Gasteiger partial charge in [-0.15, -0.1) is 0 Å². The van der Waals surface area contributed by atoms with Gasteiger partial charge in [-0.1, -0.05) is 30.8 Å². The molecule has 1 N–H and O–H groups in total. The van der Waals surface area contributed by atoms with Gasteiger partial charge in [-0.25, -0.2) is 4.21 Å². The van der Waals surface area contributed by atoms with E-state index in [4.69, 9.17) is 11.6 Å². The number of piperazine rings is 1. The van der Waals surface area contributed by atoms with E-state index in [1.807, 2.05) is 6.20 Å². The molecule has 23 heavy (non-hydrogen) atoms. The first-order valence-corrected chi connectivity index (χ1v) is 9.01. The van der Waals surface area contributed by atoms with E-state index in [-0.39, 0.29) is 0 Å². The van der Waals surface area contributed by atoms with Crippen molar-refractivity contribution in [1.82, 2.24) is 9.29 Å². The van der Waals surface area contributed by atoms with Crippen LogP contribution >= 0.6 is 11.6 Å². The largest absolute Gasteiger partial charge is 0.367 e. The van der Waals surface area contributed by atoms with Crippen molar-refractivity contribution in [3.8, 4) is 0 Å². The van der Waals surface area contributed by atoms with Crippen LogP contribution in [0.15, 0.2) is 35.4 Å². The maximum Gasteiger partial charge on any atom is 0.157 e. The normalized spacial score (nSPS) is 19.7. The van der Waals surface area contributed by atoms with Gasteiger partial charge in [0, 0.05) is 42.1 Å².